The zero-order chi connectivity index (χ0) is 13.7. The van der Waals surface area contributed by atoms with Crippen molar-refractivity contribution in [3.63, 3.8) is 0 Å². The first kappa shape index (κ1) is 15.0. The first-order valence-electron chi connectivity index (χ1n) is 7.64. The minimum Gasteiger partial charge on any atom is -0.309 e. The van der Waals surface area contributed by atoms with Crippen molar-refractivity contribution >= 4 is 15.9 Å². The number of aryl methyl sites for hydroxylation is 1. The molecule has 1 saturated carbocycles. The summed E-state index contributed by atoms with van der Waals surface area (Å²) in [4.78, 5) is 0. The van der Waals surface area contributed by atoms with Gasteiger partial charge in [-0.1, -0.05) is 39.0 Å². The number of rotatable bonds is 4. The molecule has 1 heterocycles. The van der Waals surface area contributed by atoms with Crippen molar-refractivity contribution in [2.45, 2.75) is 57.9 Å². The number of nitrogens with one attached hydrogen (secondary N) is 1. The monoisotopic (exact) mass is 327 g/mol. The molecule has 1 aliphatic carbocycles. The van der Waals surface area contributed by atoms with Crippen molar-refractivity contribution in [3.05, 3.63) is 16.4 Å². The van der Waals surface area contributed by atoms with Gasteiger partial charge in [0.05, 0.1) is 22.4 Å². The predicted molar refractivity (Wildman–Crippen MR) is 83.1 cm³/mol. The Labute approximate surface area is 125 Å². The quantitative estimate of drug-likeness (QED) is 0.898. The van der Waals surface area contributed by atoms with Crippen LogP contribution in [0.25, 0.3) is 0 Å². The standard InChI is InChI=1S/C15H26BrN3/c1-3-17-14(15-13(16)11-18-19(15)2)12-9-7-5-4-6-8-10-12/h11-12,14,17H,3-10H2,1-2H3. The van der Waals surface area contributed by atoms with Crippen LogP contribution in [-0.2, 0) is 7.05 Å². The molecule has 1 aliphatic rings. The topological polar surface area (TPSA) is 29.9 Å². The molecule has 0 spiro atoms. The van der Waals surface area contributed by atoms with Crippen molar-refractivity contribution < 1.29 is 0 Å². The molecule has 1 unspecified atom stereocenters. The maximum absolute atomic E-state index is 4.39. The molecule has 1 atom stereocenters. The van der Waals surface area contributed by atoms with Gasteiger partial charge in [0.1, 0.15) is 0 Å². The van der Waals surface area contributed by atoms with Crippen molar-refractivity contribution in [3.8, 4) is 0 Å². The summed E-state index contributed by atoms with van der Waals surface area (Å²) in [6, 6.07) is 0.435. The minimum absolute atomic E-state index is 0.435. The Kier molecular flexibility index (Phi) is 5.89. The van der Waals surface area contributed by atoms with Gasteiger partial charge >= 0.3 is 0 Å². The molecule has 19 heavy (non-hydrogen) atoms. The second kappa shape index (κ2) is 7.44. The highest BCUT2D eigenvalue weighted by atomic mass is 79.9. The first-order chi connectivity index (χ1) is 9.24. The van der Waals surface area contributed by atoms with Gasteiger partial charge in [0, 0.05) is 7.05 Å². The van der Waals surface area contributed by atoms with Crippen LogP contribution in [0, 0.1) is 5.92 Å². The van der Waals surface area contributed by atoms with E-state index < -0.39 is 0 Å². The van der Waals surface area contributed by atoms with Crippen LogP contribution in [0.5, 0.6) is 0 Å². The molecule has 1 N–H and O–H groups in total. The third kappa shape index (κ3) is 3.82. The molecule has 4 heteroatoms. The fraction of sp³-hybridized carbons (Fsp3) is 0.800. The average Bonchev–Trinajstić information content (AvgIpc) is 2.67. The first-order valence-corrected chi connectivity index (χ1v) is 8.44. The molecule has 1 aromatic heterocycles. The summed E-state index contributed by atoms with van der Waals surface area (Å²) in [5.74, 6) is 0.743. The molecule has 108 valence electrons. The maximum Gasteiger partial charge on any atom is 0.0695 e. The lowest BCUT2D eigenvalue weighted by molar-refractivity contribution is 0.281. The molecule has 0 saturated heterocycles. The van der Waals surface area contributed by atoms with E-state index in [2.05, 4.69) is 33.3 Å². The van der Waals surface area contributed by atoms with E-state index in [4.69, 9.17) is 0 Å². The molecule has 0 aromatic carbocycles. The Morgan fingerprint density at radius 1 is 1.32 bits per heavy atom. The van der Waals surface area contributed by atoms with Crippen LogP contribution in [0.3, 0.4) is 0 Å². The van der Waals surface area contributed by atoms with Crippen LogP contribution >= 0.6 is 15.9 Å². The molecule has 3 nitrogen and oxygen atoms in total. The van der Waals surface area contributed by atoms with Gasteiger partial charge in [-0.05, 0) is 41.2 Å². The van der Waals surface area contributed by atoms with Gasteiger partial charge in [0.2, 0.25) is 0 Å². The summed E-state index contributed by atoms with van der Waals surface area (Å²) in [6.45, 7) is 3.21. The SMILES string of the molecule is CCNC(c1c(Br)cnn1C)C1CCCCCCC1. The molecular formula is C15H26BrN3. The van der Waals surface area contributed by atoms with Crippen LogP contribution in [0.4, 0.5) is 0 Å². The van der Waals surface area contributed by atoms with Crippen molar-refractivity contribution in [2.75, 3.05) is 6.54 Å². The van der Waals surface area contributed by atoms with Crippen molar-refractivity contribution in [1.29, 1.82) is 0 Å². The summed E-state index contributed by atoms with van der Waals surface area (Å²) in [5, 5.41) is 8.08. The van der Waals surface area contributed by atoms with Gasteiger partial charge in [-0.15, -0.1) is 0 Å². The highest BCUT2D eigenvalue weighted by Gasteiger charge is 2.27. The minimum atomic E-state index is 0.435. The zero-order valence-electron chi connectivity index (χ0n) is 12.2. The van der Waals surface area contributed by atoms with Crippen LogP contribution in [-0.4, -0.2) is 16.3 Å². The molecule has 1 aromatic rings. The fourth-order valence-corrected chi connectivity index (χ4v) is 3.89. The normalized spacial score (nSPS) is 19.9. The fourth-order valence-electron chi connectivity index (χ4n) is 3.30. The Morgan fingerprint density at radius 2 is 1.95 bits per heavy atom. The van der Waals surface area contributed by atoms with Gasteiger partial charge in [0.15, 0.2) is 0 Å². The summed E-state index contributed by atoms with van der Waals surface area (Å²) >= 11 is 3.67. The molecule has 0 amide bonds. The van der Waals surface area contributed by atoms with Gasteiger partial charge in [-0.2, -0.15) is 5.10 Å². The second-order valence-corrected chi connectivity index (χ2v) is 6.50. The largest absolute Gasteiger partial charge is 0.309 e. The Bertz CT molecular complexity index is 361. The van der Waals surface area contributed by atoms with E-state index in [-0.39, 0.29) is 0 Å². The third-order valence-electron chi connectivity index (χ3n) is 4.28. The Hall–Kier alpha value is -0.350. The van der Waals surface area contributed by atoms with E-state index in [0.29, 0.717) is 6.04 Å². The van der Waals surface area contributed by atoms with Gasteiger partial charge < -0.3 is 5.32 Å². The van der Waals surface area contributed by atoms with Gasteiger partial charge in [0.25, 0.3) is 0 Å². The second-order valence-electron chi connectivity index (χ2n) is 5.64. The Balaban J connectivity index is 2.18. The predicted octanol–water partition coefficient (Wildman–Crippen LogP) is 4.19. The summed E-state index contributed by atoms with van der Waals surface area (Å²) < 4.78 is 3.17. The summed E-state index contributed by atoms with van der Waals surface area (Å²) in [7, 11) is 2.05. The Morgan fingerprint density at radius 3 is 2.47 bits per heavy atom. The van der Waals surface area contributed by atoms with Gasteiger partial charge in [-0.3, -0.25) is 4.68 Å². The molecule has 0 bridgehead atoms. The van der Waals surface area contributed by atoms with E-state index in [1.54, 1.807) is 0 Å². The number of aromatic nitrogens is 2. The molecule has 0 aliphatic heterocycles. The lowest BCUT2D eigenvalue weighted by Gasteiger charge is -2.30. The van der Waals surface area contributed by atoms with Gasteiger partial charge in [-0.25, -0.2) is 0 Å². The smallest absolute Gasteiger partial charge is 0.0695 e. The highest BCUT2D eigenvalue weighted by molar-refractivity contribution is 9.10. The van der Waals surface area contributed by atoms with E-state index >= 15 is 0 Å². The van der Waals surface area contributed by atoms with Crippen LogP contribution in [0.1, 0.15) is 63.6 Å². The van der Waals surface area contributed by atoms with Crippen molar-refractivity contribution in [2.24, 2.45) is 13.0 Å². The molecule has 0 radical (unpaired) electrons. The van der Waals surface area contributed by atoms with Crippen LogP contribution < -0.4 is 5.32 Å². The van der Waals surface area contributed by atoms with Crippen molar-refractivity contribution in [1.82, 2.24) is 15.1 Å². The highest BCUT2D eigenvalue weighted by Crippen LogP contribution is 2.35. The van der Waals surface area contributed by atoms with Crippen LogP contribution in [0.2, 0.25) is 0 Å². The lowest BCUT2D eigenvalue weighted by atomic mass is 9.84. The lowest BCUT2D eigenvalue weighted by Crippen LogP contribution is -2.30. The van der Waals surface area contributed by atoms with E-state index in [0.717, 1.165) is 16.9 Å². The molecule has 2 rings (SSSR count). The molecular weight excluding hydrogens is 302 g/mol. The van der Waals surface area contributed by atoms with E-state index in [1.807, 2.05) is 17.9 Å². The molecule has 1 fully saturated rings. The average molecular weight is 328 g/mol. The third-order valence-corrected chi connectivity index (χ3v) is 4.89. The summed E-state index contributed by atoms with van der Waals surface area (Å²) in [5.41, 5.74) is 1.31. The summed E-state index contributed by atoms with van der Waals surface area (Å²) in [6.07, 6.45) is 11.6. The maximum atomic E-state index is 4.39. The zero-order valence-corrected chi connectivity index (χ0v) is 13.7. The number of halogens is 1. The number of nitrogens with zero attached hydrogens (tertiary/aromatic N) is 2. The number of hydrogen-bond donors (Lipinski definition) is 1. The van der Waals surface area contributed by atoms with E-state index in [1.165, 1.54) is 50.6 Å². The van der Waals surface area contributed by atoms with E-state index in [9.17, 15) is 0 Å². The van der Waals surface area contributed by atoms with Crippen LogP contribution in [0.15, 0.2) is 10.7 Å². The number of hydrogen-bond acceptors (Lipinski definition) is 2.